The van der Waals surface area contributed by atoms with E-state index in [4.69, 9.17) is 4.74 Å². The average Bonchev–Trinajstić information content (AvgIpc) is 3.45. The highest BCUT2D eigenvalue weighted by molar-refractivity contribution is 7.19. The van der Waals surface area contributed by atoms with Gasteiger partial charge in [-0.3, -0.25) is 14.9 Å². The second-order valence-corrected chi connectivity index (χ2v) is 8.97. The molecule has 0 unspecified atom stereocenters. The van der Waals surface area contributed by atoms with Gasteiger partial charge >= 0.3 is 0 Å². The molecule has 0 atom stereocenters. The molecule has 0 aliphatic heterocycles. The summed E-state index contributed by atoms with van der Waals surface area (Å²) in [5.41, 5.74) is 5.42. The molecule has 35 heavy (non-hydrogen) atoms. The number of hydrogen-bond donors (Lipinski definition) is 2. The van der Waals surface area contributed by atoms with Crippen molar-refractivity contribution < 1.29 is 9.53 Å². The largest absolute Gasteiger partial charge is 0.497 e. The molecule has 7 nitrogen and oxygen atoms in total. The molecule has 0 bridgehead atoms. The second kappa shape index (κ2) is 9.90. The molecular weight excluding hydrogens is 458 g/mol. The van der Waals surface area contributed by atoms with Crippen molar-refractivity contribution in [2.75, 3.05) is 12.4 Å². The zero-order chi connectivity index (χ0) is 24.2. The number of amides is 1. The topological polar surface area (TPSA) is 92.8 Å². The molecule has 0 saturated heterocycles. The van der Waals surface area contributed by atoms with Crippen molar-refractivity contribution in [1.82, 2.24) is 20.2 Å². The maximum Gasteiger partial charge on any atom is 0.230 e. The summed E-state index contributed by atoms with van der Waals surface area (Å²) in [4.78, 5) is 22.5. The number of aromatic amines is 1. The van der Waals surface area contributed by atoms with Crippen LogP contribution in [0.5, 0.6) is 5.75 Å². The molecule has 0 saturated carbocycles. The Morgan fingerprint density at radius 2 is 2.03 bits per heavy atom. The first-order chi connectivity index (χ1) is 17.1. The highest BCUT2D eigenvalue weighted by Gasteiger charge is 2.14. The van der Waals surface area contributed by atoms with E-state index in [0.29, 0.717) is 5.13 Å². The van der Waals surface area contributed by atoms with E-state index in [-0.39, 0.29) is 12.3 Å². The van der Waals surface area contributed by atoms with Gasteiger partial charge in [-0.05, 0) is 66.6 Å². The van der Waals surface area contributed by atoms with E-state index in [1.165, 1.54) is 11.3 Å². The predicted octanol–water partition coefficient (Wildman–Crippen LogP) is 5.75. The van der Waals surface area contributed by atoms with Gasteiger partial charge in [0.1, 0.15) is 5.75 Å². The number of nitrogens with one attached hydrogen (secondary N) is 2. The molecule has 0 radical (unpaired) electrons. The third-order valence-corrected chi connectivity index (χ3v) is 6.62. The van der Waals surface area contributed by atoms with Crippen molar-refractivity contribution in [3.63, 3.8) is 0 Å². The van der Waals surface area contributed by atoms with Gasteiger partial charge in [-0.15, -0.1) is 0 Å². The quantitative estimate of drug-likeness (QED) is 0.309. The second-order valence-electron chi connectivity index (χ2n) is 7.97. The van der Waals surface area contributed by atoms with E-state index in [1.807, 2.05) is 67.6 Å². The molecular formula is C27H23N5O2S. The lowest BCUT2D eigenvalue weighted by Gasteiger charge is -2.04. The van der Waals surface area contributed by atoms with Gasteiger partial charge in [-0.2, -0.15) is 5.10 Å². The SMILES string of the molecule is COc1cccc(CC(=O)Nc2nc(C)c(-c3ccc4c(/C=C/c5ccccn5)n[nH]c4c3)s2)c1. The van der Waals surface area contributed by atoms with E-state index < -0.39 is 0 Å². The molecule has 5 rings (SSSR count). The summed E-state index contributed by atoms with van der Waals surface area (Å²) >= 11 is 1.46. The van der Waals surface area contributed by atoms with Crippen LogP contribution in [0.2, 0.25) is 0 Å². The number of thiazole rings is 1. The van der Waals surface area contributed by atoms with Crippen molar-refractivity contribution in [2.45, 2.75) is 13.3 Å². The summed E-state index contributed by atoms with van der Waals surface area (Å²) in [6, 6.07) is 19.4. The fourth-order valence-electron chi connectivity index (χ4n) is 3.80. The monoisotopic (exact) mass is 481 g/mol. The van der Waals surface area contributed by atoms with Gasteiger partial charge in [-0.25, -0.2) is 4.98 Å². The molecule has 174 valence electrons. The molecule has 3 heterocycles. The summed E-state index contributed by atoms with van der Waals surface area (Å²) in [6.45, 7) is 1.95. The summed E-state index contributed by atoms with van der Waals surface area (Å²) < 4.78 is 5.23. The maximum absolute atomic E-state index is 12.6. The van der Waals surface area contributed by atoms with Gasteiger partial charge in [0.2, 0.25) is 5.91 Å². The maximum atomic E-state index is 12.6. The smallest absolute Gasteiger partial charge is 0.230 e. The normalized spacial score (nSPS) is 11.3. The van der Waals surface area contributed by atoms with Gasteiger partial charge in [-0.1, -0.05) is 35.6 Å². The summed E-state index contributed by atoms with van der Waals surface area (Å²) in [6.07, 6.45) is 5.91. The lowest BCUT2D eigenvalue weighted by Crippen LogP contribution is -2.14. The number of rotatable bonds is 7. The summed E-state index contributed by atoms with van der Waals surface area (Å²) in [5.74, 6) is 0.610. The number of carbonyl (C=O) groups is 1. The highest BCUT2D eigenvalue weighted by atomic mass is 32.1. The fraction of sp³-hybridized carbons (Fsp3) is 0.111. The van der Waals surface area contributed by atoms with E-state index >= 15 is 0 Å². The highest BCUT2D eigenvalue weighted by Crippen LogP contribution is 2.34. The van der Waals surface area contributed by atoms with Crippen LogP contribution in [0.1, 0.15) is 22.6 Å². The van der Waals surface area contributed by atoms with Crippen LogP contribution in [0, 0.1) is 6.92 Å². The van der Waals surface area contributed by atoms with Crippen LogP contribution < -0.4 is 10.1 Å². The van der Waals surface area contributed by atoms with Gasteiger partial charge in [0.25, 0.3) is 0 Å². The molecule has 8 heteroatoms. The average molecular weight is 482 g/mol. The number of fused-ring (bicyclic) bond motifs is 1. The van der Waals surface area contributed by atoms with E-state index in [9.17, 15) is 4.79 Å². The standard InChI is InChI=1S/C27H23N5O2S/c1-17-26(35-27(29-17)30-25(33)15-18-6-5-8-21(14-18)34-2)19-9-11-22-23(31-32-24(22)16-19)12-10-20-7-3-4-13-28-20/h3-14,16H,15H2,1-2H3,(H,31,32)(H,29,30,33)/b12-10+. The number of ether oxygens (including phenoxy) is 1. The molecule has 1 amide bonds. The van der Waals surface area contributed by atoms with Gasteiger partial charge in [0.15, 0.2) is 5.13 Å². The number of methoxy groups -OCH3 is 1. The zero-order valence-electron chi connectivity index (χ0n) is 19.3. The minimum absolute atomic E-state index is 0.119. The van der Waals surface area contributed by atoms with Crippen LogP contribution in [-0.4, -0.2) is 33.2 Å². The van der Waals surface area contributed by atoms with Crippen LogP contribution in [0.25, 0.3) is 33.5 Å². The Kier molecular flexibility index (Phi) is 6.36. The molecule has 2 N–H and O–H groups in total. The molecule has 3 aromatic heterocycles. The first kappa shape index (κ1) is 22.5. The van der Waals surface area contributed by atoms with Crippen LogP contribution in [0.3, 0.4) is 0 Å². The Bertz CT molecular complexity index is 1520. The van der Waals surface area contributed by atoms with E-state index in [0.717, 1.165) is 49.7 Å². The summed E-state index contributed by atoms with van der Waals surface area (Å²) in [5, 5.41) is 12.1. The molecule has 0 spiro atoms. The number of anilines is 1. The van der Waals surface area contributed by atoms with E-state index in [2.05, 4.69) is 37.6 Å². The van der Waals surface area contributed by atoms with Crippen LogP contribution in [0.4, 0.5) is 5.13 Å². The predicted molar refractivity (Wildman–Crippen MR) is 140 cm³/mol. The van der Waals surface area contributed by atoms with Crippen molar-refractivity contribution in [1.29, 1.82) is 0 Å². The van der Waals surface area contributed by atoms with Crippen LogP contribution in [-0.2, 0) is 11.2 Å². The Balaban J connectivity index is 1.32. The number of H-pyrrole nitrogens is 1. The molecule has 0 aliphatic rings. The number of hydrogen-bond acceptors (Lipinski definition) is 6. The van der Waals surface area contributed by atoms with Gasteiger partial charge in [0, 0.05) is 11.6 Å². The minimum atomic E-state index is -0.119. The number of aryl methyl sites for hydroxylation is 1. The number of benzene rings is 2. The van der Waals surface area contributed by atoms with Crippen LogP contribution >= 0.6 is 11.3 Å². The van der Waals surface area contributed by atoms with Crippen molar-refractivity contribution in [3.05, 3.63) is 89.5 Å². The Labute approximate surface area is 206 Å². The van der Waals surface area contributed by atoms with Gasteiger partial charge < -0.3 is 10.1 Å². The Morgan fingerprint density at radius 1 is 1.11 bits per heavy atom. The lowest BCUT2D eigenvalue weighted by atomic mass is 10.1. The number of nitrogens with zero attached hydrogens (tertiary/aromatic N) is 3. The lowest BCUT2D eigenvalue weighted by molar-refractivity contribution is -0.115. The number of aromatic nitrogens is 4. The number of pyridine rings is 1. The molecule has 0 aliphatic carbocycles. The zero-order valence-corrected chi connectivity index (χ0v) is 20.1. The van der Waals surface area contributed by atoms with Crippen molar-refractivity contribution in [2.24, 2.45) is 0 Å². The fourth-order valence-corrected chi connectivity index (χ4v) is 4.78. The van der Waals surface area contributed by atoms with Crippen molar-refractivity contribution in [3.8, 4) is 16.2 Å². The van der Waals surface area contributed by atoms with Gasteiger partial charge in [0.05, 0.1) is 41.0 Å². The number of carbonyl (C=O) groups excluding carboxylic acids is 1. The summed E-state index contributed by atoms with van der Waals surface area (Å²) in [7, 11) is 1.61. The van der Waals surface area contributed by atoms with E-state index in [1.54, 1.807) is 13.3 Å². The molecule has 5 aromatic rings. The molecule has 0 fully saturated rings. The Hall–Kier alpha value is -4.30. The minimum Gasteiger partial charge on any atom is -0.497 e. The van der Waals surface area contributed by atoms with Crippen LogP contribution in [0.15, 0.2) is 66.9 Å². The third kappa shape index (κ3) is 5.12. The molecule has 2 aromatic carbocycles. The third-order valence-electron chi connectivity index (χ3n) is 5.50. The first-order valence-electron chi connectivity index (χ1n) is 11.1. The van der Waals surface area contributed by atoms with Crippen molar-refractivity contribution >= 4 is 45.4 Å². The Morgan fingerprint density at radius 3 is 2.86 bits per heavy atom. The first-order valence-corrected chi connectivity index (χ1v) is 11.9.